The lowest BCUT2D eigenvalue weighted by atomic mass is 10.0. The van der Waals surface area contributed by atoms with Gasteiger partial charge in [-0.15, -0.1) is 0 Å². The summed E-state index contributed by atoms with van der Waals surface area (Å²) in [6, 6.07) is 12.6. The monoisotopic (exact) mass is 267 g/mol. The molecule has 0 aliphatic heterocycles. The average molecular weight is 267 g/mol. The van der Waals surface area contributed by atoms with Gasteiger partial charge in [-0.25, -0.2) is 4.68 Å². The second-order valence-electron chi connectivity index (χ2n) is 5.68. The summed E-state index contributed by atoms with van der Waals surface area (Å²) in [5, 5.41) is 13.5. The molecule has 104 valence electrons. The topological polar surface area (TPSA) is 41.6 Å². The summed E-state index contributed by atoms with van der Waals surface area (Å²) in [6.45, 7) is 8.68. The minimum absolute atomic E-state index is 0.358. The highest BCUT2D eigenvalue weighted by molar-refractivity contribution is 5.44. The van der Waals surface area contributed by atoms with Crippen molar-refractivity contribution < 1.29 is 0 Å². The molecule has 0 amide bonds. The normalized spacial score (nSPS) is 11.1. The summed E-state index contributed by atoms with van der Waals surface area (Å²) >= 11 is 0. The van der Waals surface area contributed by atoms with Gasteiger partial charge in [0, 0.05) is 5.69 Å². The molecule has 3 nitrogen and oxygen atoms in total. The zero-order chi connectivity index (χ0) is 14.7. The van der Waals surface area contributed by atoms with Gasteiger partial charge in [0.2, 0.25) is 0 Å². The highest BCUT2D eigenvalue weighted by atomic mass is 15.3. The van der Waals surface area contributed by atoms with Gasteiger partial charge in [-0.1, -0.05) is 45.9 Å². The van der Waals surface area contributed by atoms with E-state index in [-0.39, 0.29) is 0 Å². The largest absolute Gasteiger partial charge is 0.237 e. The van der Waals surface area contributed by atoms with E-state index in [4.69, 9.17) is 5.26 Å². The molecule has 3 heteroatoms. The van der Waals surface area contributed by atoms with Gasteiger partial charge in [-0.3, -0.25) is 0 Å². The molecule has 0 unspecified atom stereocenters. The van der Waals surface area contributed by atoms with Crippen molar-refractivity contribution in [2.24, 2.45) is 0 Å². The molecule has 0 aliphatic rings. The first-order chi connectivity index (χ1) is 9.54. The second kappa shape index (κ2) is 5.92. The van der Waals surface area contributed by atoms with E-state index in [1.54, 1.807) is 0 Å². The van der Waals surface area contributed by atoms with Crippen molar-refractivity contribution in [2.75, 3.05) is 0 Å². The number of aromatic nitrogens is 2. The van der Waals surface area contributed by atoms with E-state index < -0.39 is 0 Å². The summed E-state index contributed by atoms with van der Waals surface area (Å²) in [6.07, 6.45) is 0.358. The van der Waals surface area contributed by atoms with Crippen LogP contribution in [0.4, 0.5) is 0 Å². The van der Waals surface area contributed by atoms with E-state index in [2.05, 4.69) is 57.1 Å². The highest BCUT2D eigenvalue weighted by Crippen LogP contribution is 2.26. The third-order valence-corrected chi connectivity index (χ3v) is 3.43. The van der Waals surface area contributed by atoms with Gasteiger partial charge < -0.3 is 0 Å². The van der Waals surface area contributed by atoms with Gasteiger partial charge in [0.1, 0.15) is 0 Å². The lowest BCUT2D eigenvalue weighted by Crippen LogP contribution is -2.07. The van der Waals surface area contributed by atoms with Gasteiger partial charge in [-0.2, -0.15) is 10.4 Å². The Kier molecular flexibility index (Phi) is 4.24. The van der Waals surface area contributed by atoms with E-state index in [1.165, 1.54) is 5.56 Å². The number of rotatable bonds is 4. The van der Waals surface area contributed by atoms with Gasteiger partial charge >= 0.3 is 0 Å². The van der Waals surface area contributed by atoms with Crippen LogP contribution in [-0.4, -0.2) is 9.78 Å². The van der Waals surface area contributed by atoms with Crippen molar-refractivity contribution in [3.05, 3.63) is 47.3 Å². The van der Waals surface area contributed by atoms with Crippen LogP contribution in [0.15, 0.2) is 30.3 Å². The van der Waals surface area contributed by atoms with Gasteiger partial charge in [0.25, 0.3) is 0 Å². The van der Waals surface area contributed by atoms with Crippen LogP contribution in [0.5, 0.6) is 0 Å². The van der Waals surface area contributed by atoms with E-state index in [9.17, 15) is 0 Å². The van der Waals surface area contributed by atoms with Crippen LogP contribution in [0, 0.1) is 11.3 Å². The zero-order valence-electron chi connectivity index (χ0n) is 12.6. The van der Waals surface area contributed by atoms with E-state index in [0.29, 0.717) is 18.3 Å². The molecule has 0 radical (unpaired) electrons. The molecule has 0 bridgehead atoms. The maximum absolute atomic E-state index is 8.87. The lowest BCUT2D eigenvalue weighted by Gasteiger charge is -2.16. The van der Waals surface area contributed by atoms with Crippen LogP contribution in [0.25, 0.3) is 5.69 Å². The number of nitriles is 1. The number of hydrogen-bond acceptors (Lipinski definition) is 2. The number of benzene rings is 1. The molecule has 0 atom stereocenters. The Morgan fingerprint density at radius 3 is 2.45 bits per heavy atom. The third-order valence-electron chi connectivity index (χ3n) is 3.43. The first-order valence-electron chi connectivity index (χ1n) is 7.09. The van der Waals surface area contributed by atoms with Gasteiger partial charge in [-0.05, 0) is 29.5 Å². The fourth-order valence-corrected chi connectivity index (χ4v) is 2.39. The molecule has 0 saturated carbocycles. The van der Waals surface area contributed by atoms with Crippen LogP contribution in [0.3, 0.4) is 0 Å². The minimum atomic E-state index is 0.358. The fraction of sp³-hybridized carbons (Fsp3) is 0.412. The van der Waals surface area contributed by atoms with Gasteiger partial charge in [0.15, 0.2) is 0 Å². The van der Waals surface area contributed by atoms with Crippen LogP contribution in [0.1, 0.15) is 56.5 Å². The third kappa shape index (κ3) is 2.75. The molecular formula is C17H21N3. The standard InChI is InChI=1S/C17H21N3/c1-12(2)15-7-5-6-8-16(15)20-17(13(3)4)11-14(19-20)9-10-18/h5-8,11-13H,9H2,1-4H3. The van der Waals surface area contributed by atoms with Crippen LogP contribution >= 0.6 is 0 Å². The summed E-state index contributed by atoms with van der Waals surface area (Å²) in [7, 11) is 0. The molecular weight excluding hydrogens is 246 g/mol. The minimum Gasteiger partial charge on any atom is -0.237 e. The number of hydrogen-bond donors (Lipinski definition) is 0. The van der Waals surface area contributed by atoms with Crippen molar-refractivity contribution in [1.29, 1.82) is 5.26 Å². The second-order valence-corrected chi connectivity index (χ2v) is 5.68. The van der Waals surface area contributed by atoms with E-state index >= 15 is 0 Å². The van der Waals surface area contributed by atoms with Crippen molar-refractivity contribution in [3.63, 3.8) is 0 Å². The predicted octanol–water partition coefficient (Wildman–Crippen LogP) is 4.19. The Balaban J connectivity index is 2.60. The molecule has 2 aromatic rings. The fourth-order valence-electron chi connectivity index (χ4n) is 2.39. The molecule has 0 saturated heterocycles. The van der Waals surface area contributed by atoms with Crippen LogP contribution in [0.2, 0.25) is 0 Å². The zero-order valence-corrected chi connectivity index (χ0v) is 12.6. The summed E-state index contributed by atoms with van der Waals surface area (Å²) < 4.78 is 2.01. The number of nitrogens with zero attached hydrogens (tertiary/aromatic N) is 3. The molecule has 2 rings (SSSR count). The first-order valence-corrected chi connectivity index (χ1v) is 7.09. The maximum Gasteiger partial charge on any atom is 0.0793 e. The average Bonchev–Trinajstić information content (AvgIpc) is 2.83. The molecule has 1 aromatic heterocycles. The Labute approximate surface area is 120 Å². The van der Waals surface area contributed by atoms with Crippen LogP contribution < -0.4 is 0 Å². The first kappa shape index (κ1) is 14.3. The SMILES string of the molecule is CC(C)c1ccccc1-n1nc(CC#N)cc1C(C)C. The number of para-hydroxylation sites is 1. The summed E-state index contributed by atoms with van der Waals surface area (Å²) in [5.41, 5.74) is 4.40. The predicted molar refractivity (Wildman–Crippen MR) is 81.1 cm³/mol. The van der Waals surface area contributed by atoms with Crippen molar-refractivity contribution in [1.82, 2.24) is 9.78 Å². The Morgan fingerprint density at radius 2 is 1.85 bits per heavy atom. The van der Waals surface area contributed by atoms with E-state index in [1.807, 2.05) is 16.8 Å². The molecule has 1 aromatic carbocycles. The van der Waals surface area contributed by atoms with Crippen LogP contribution in [-0.2, 0) is 6.42 Å². The van der Waals surface area contributed by atoms with Crippen molar-refractivity contribution >= 4 is 0 Å². The summed E-state index contributed by atoms with van der Waals surface area (Å²) in [4.78, 5) is 0. The molecule has 0 N–H and O–H groups in total. The Morgan fingerprint density at radius 1 is 1.15 bits per heavy atom. The van der Waals surface area contributed by atoms with Crippen molar-refractivity contribution in [2.45, 2.75) is 46.0 Å². The lowest BCUT2D eigenvalue weighted by molar-refractivity contribution is 0.715. The molecule has 0 aliphatic carbocycles. The van der Waals surface area contributed by atoms with E-state index in [0.717, 1.165) is 17.1 Å². The molecule has 0 spiro atoms. The smallest absolute Gasteiger partial charge is 0.0793 e. The van der Waals surface area contributed by atoms with Gasteiger partial charge in [0.05, 0.1) is 23.9 Å². The maximum atomic E-state index is 8.87. The quantitative estimate of drug-likeness (QED) is 0.833. The Bertz CT molecular complexity index is 630. The molecule has 1 heterocycles. The highest BCUT2D eigenvalue weighted by Gasteiger charge is 2.16. The summed E-state index contributed by atoms with van der Waals surface area (Å²) in [5.74, 6) is 0.810. The van der Waals surface area contributed by atoms with Crippen molar-refractivity contribution in [3.8, 4) is 11.8 Å². The molecule has 20 heavy (non-hydrogen) atoms. The Hall–Kier alpha value is -2.08. The molecule has 0 fully saturated rings.